The van der Waals surface area contributed by atoms with E-state index in [1.807, 2.05) is 6.07 Å². The Bertz CT molecular complexity index is 3520. The molecule has 1 spiro atoms. The number of hydrogen-bond acceptors (Lipinski definition) is 3. The standard InChI is InChI=1S/C61H40N2O/c1-4-18-41(19-5-1)47-24-12-16-30-58(47)63(44-34-37-60-53(38-44)52-27-13-17-31-59(52)64-60)46-33-36-51-49-26-11-15-29-55(49)61(57(51)40-46)54-28-14-10-25-48(54)50-35-32-45(39-56(50)61)62(42-20-6-2-7-21-42)43-22-8-3-9-23-43/h1-40H. The quantitative estimate of drug-likeness (QED) is 0.160. The van der Waals surface area contributed by atoms with E-state index in [0.717, 1.165) is 67.2 Å². The molecule has 2 aliphatic rings. The van der Waals surface area contributed by atoms with Crippen molar-refractivity contribution in [2.45, 2.75) is 5.41 Å². The van der Waals surface area contributed by atoms with Crippen LogP contribution in [0.25, 0.3) is 55.3 Å². The highest BCUT2D eigenvalue weighted by molar-refractivity contribution is 6.07. The Morgan fingerprint density at radius 2 is 0.734 bits per heavy atom. The van der Waals surface area contributed by atoms with Crippen molar-refractivity contribution in [1.29, 1.82) is 0 Å². The maximum atomic E-state index is 6.38. The second-order valence-electron chi connectivity index (χ2n) is 16.8. The predicted molar refractivity (Wildman–Crippen MR) is 265 cm³/mol. The van der Waals surface area contributed by atoms with Crippen molar-refractivity contribution in [2.75, 3.05) is 9.80 Å². The van der Waals surface area contributed by atoms with E-state index >= 15 is 0 Å². The van der Waals surface area contributed by atoms with Gasteiger partial charge in [-0.05, 0) is 129 Å². The third-order valence-corrected chi connectivity index (χ3v) is 13.5. The molecule has 11 aromatic rings. The number of fused-ring (bicyclic) bond motifs is 13. The molecule has 3 nitrogen and oxygen atoms in total. The lowest BCUT2D eigenvalue weighted by Gasteiger charge is -2.33. The molecule has 10 aromatic carbocycles. The van der Waals surface area contributed by atoms with Gasteiger partial charge in [0.25, 0.3) is 0 Å². The molecule has 0 N–H and O–H groups in total. The predicted octanol–water partition coefficient (Wildman–Crippen LogP) is 16.5. The zero-order valence-corrected chi connectivity index (χ0v) is 34.9. The van der Waals surface area contributed by atoms with Gasteiger partial charge < -0.3 is 14.2 Å². The van der Waals surface area contributed by atoms with E-state index < -0.39 is 5.41 Å². The maximum Gasteiger partial charge on any atom is 0.135 e. The molecule has 3 heteroatoms. The van der Waals surface area contributed by atoms with Crippen molar-refractivity contribution < 1.29 is 4.42 Å². The zero-order chi connectivity index (χ0) is 42.2. The molecular formula is C61H40N2O. The van der Waals surface area contributed by atoms with Crippen LogP contribution >= 0.6 is 0 Å². The third kappa shape index (κ3) is 5.34. The van der Waals surface area contributed by atoms with Crippen LogP contribution in [0.5, 0.6) is 0 Å². The van der Waals surface area contributed by atoms with Crippen molar-refractivity contribution >= 4 is 56.1 Å². The summed E-state index contributed by atoms with van der Waals surface area (Å²) < 4.78 is 6.38. The first-order valence-electron chi connectivity index (χ1n) is 22.0. The van der Waals surface area contributed by atoms with Gasteiger partial charge in [-0.2, -0.15) is 0 Å². The fraction of sp³-hybridized carbons (Fsp3) is 0.0164. The Hall–Kier alpha value is -8.40. The van der Waals surface area contributed by atoms with Gasteiger partial charge >= 0.3 is 0 Å². The van der Waals surface area contributed by atoms with Gasteiger partial charge in [0.1, 0.15) is 11.2 Å². The molecule has 0 bridgehead atoms. The summed E-state index contributed by atoms with van der Waals surface area (Å²) in [5, 5.41) is 2.20. The molecule has 1 aromatic heterocycles. The summed E-state index contributed by atoms with van der Waals surface area (Å²) in [6.07, 6.45) is 0. The topological polar surface area (TPSA) is 19.6 Å². The number of hydrogen-bond donors (Lipinski definition) is 0. The SMILES string of the molecule is c1ccc(-c2ccccc2N(c2ccc3c(c2)C2(c4ccccc4-c4ccc(N(c5ccccc5)c5ccccc5)cc42)c2ccccc2-3)c2ccc3oc4ccccc4c3c2)cc1. The summed E-state index contributed by atoms with van der Waals surface area (Å²) in [5.41, 5.74) is 20.3. The molecule has 1 unspecified atom stereocenters. The van der Waals surface area contributed by atoms with Crippen molar-refractivity contribution in [3.05, 3.63) is 265 Å². The van der Waals surface area contributed by atoms with Crippen molar-refractivity contribution in [3.8, 4) is 33.4 Å². The summed E-state index contributed by atoms with van der Waals surface area (Å²) in [6.45, 7) is 0. The monoisotopic (exact) mass is 816 g/mol. The largest absolute Gasteiger partial charge is 0.456 e. The molecule has 0 radical (unpaired) electrons. The Morgan fingerprint density at radius 3 is 1.38 bits per heavy atom. The van der Waals surface area contributed by atoms with Gasteiger partial charge in [-0.25, -0.2) is 0 Å². The number of para-hydroxylation sites is 4. The van der Waals surface area contributed by atoms with Gasteiger partial charge in [-0.3, -0.25) is 0 Å². The van der Waals surface area contributed by atoms with Gasteiger partial charge in [-0.1, -0.05) is 164 Å². The van der Waals surface area contributed by atoms with Gasteiger partial charge in [0, 0.05) is 44.8 Å². The number of nitrogens with zero attached hydrogens (tertiary/aromatic N) is 2. The molecular weight excluding hydrogens is 777 g/mol. The Balaban J connectivity index is 1.08. The van der Waals surface area contributed by atoms with Crippen LogP contribution in [0.15, 0.2) is 247 Å². The summed E-state index contributed by atoms with van der Waals surface area (Å²) in [7, 11) is 0. The second-order valence-corrected chi connectivity index (χ2v) is 16.8. The first-order chi connectivity index (χ1) is 31.8. The zero-order valence-electron chi connectivity index (χ0n) is 34.9. The van der Waals surface area contributed by atoms with Crippen LogP contribution in [-0.4, -0.2) is 0 Å². The molecule has 0 aliphatic heterocycles. The van der Waals surface area contributed by atoms with E-state index in [-0.39, 0.29) is 0 Å². The first kappa shape index (κ1) is 36.3. The minimum absolute atomic E-state index is 0.585. The summed E-state index contributed by atoms with van der Waals surface area (Å²) in [4.78, 5) is 4.83. The Labute approximate surface area is 372 Å². The molecule has 1 atom stereocenters. The molecule has 300 valence electrons. The highest BCUT2D eigenvalue weighted by atomic mass is 16.3. The van der Waals surface area contributed by atoms with Crippen LogP contribution in [0.1, 0.15) is 22.3 Å². The molecule has 0 saturated carbocycles. The Morgan fingerprint density at radius 1 is 0.281 bits per heavy atom. The molecule has 2 aliphatic carbocycles. The maximum absolute atomic E-state index is 6.38. The summed E-state index contributed by atoms with van der Waals surface area (Å²) in [5.74, 6) is 0. The molecule has 64 heavy (non-hydrogen) atoms. The number of furan rings is 1. The minimum atomic E-state index is -0.585. The average Bonchev–Trinajstić information content (AvgIpc) is 3.99. The van der Waals surface area contributed by atoms with E-state index in [4.69, 9.17) is 4.42 Å². The molecule has 0 amide bonds. The molecule has 1 heterocycles. The number of rotatable bonds is 7. The van der Waals surface area contributed by atoms with Crippen LogP contribution in [-0.2, 0) is 5.41 Å². The smallest absolute Gasteiger partial charge is 0.135 e. The van der Waals surface area contributed by atoms with Crippen molar-refractivity contribution in [2.24, 2.45) is 0 Å². The normalized spacial score (nSPS) is 14.3. The van der Waals surface area contributed by atoms with E-state index in [0.29, 0.717) is 0 Å². The van der Waals surface area contributed by atoms with E-state index in [9.17, 15) is 0 Å². The van der Waals surface area contributed by atoms with Crippen LogP contribution < -0.4 is 9.80 Å². The van der Waals surface area contributed by atoms with E-state index in [1.165, 1.54) is 44.5 Å². The molecule has 13 rings (SSSR count). The van der Waals surface area contributed by atoms with Gasteiger partial charge in [0.2, 0.25) is 0 Å². The third-order valence-electron chi connectivity index (χ3n) is 13.5. The van der Waals surface area contributed by atoms with Crippen LogP contribution in [0.4, 0.5) is 34.1 Å². The minimum Gasteiger partial charge on any atom is -0.456 e. The van der Waals surface area contributed by atoms with Crippen molar-refractivity contribution in [1.82, 2.24) is 0 Å². The number of anilines is 6. The van der Waals surface area contributed by atoms with E-state index in [1.54, 1.807) is 0 Å². The lowest BCUT2D eigenvalue weighted by atomic mass is 9.70. The number of benzene rings is 10. The van der Waals surface area contributed by atoms with Crippen molar-refractivity contribution in [3.63, 3.8) is 0 Å². The first-order valence-corrected chi connectivity index (χ1v) is 22.0. The summed E-state index contributed by atoms with van der Waals surface area (Å²) >= 11 is 0. The van der Waals surface area contributed by atoms with Gasteiger partial charge in [0.15, 0.2) is 0 Å². The fourth-order valence-electron chi connectivity index (χ4n) is 10.8. The van der Waals surface area contributed by atoms with Gasteiger partial charge in [0.05, 0.1) is 11.1 Å². The van der Waals surface area contributed by atoms with Gasteiger partial charge in [-0.15, -0.1) is 0 Å². The Kier molecular flexibility index (Phi) is 8.13. The fourth-order valence-corrected chi connectivity index (χ4v) is 10.8. The highest BCUT2D eigenvalue weighted by Gasteiger charge is 2.52. The second kappa shape index (κ2) is 14.3. The van der Waals surface area contributed by atoms with Crippen LogP contribution in [0.3, 0.4) is 0 Å². The van der Waals surface area contributed by atoms with Crippen LogP contribution in [0.2, 0.25) is 0 Å². The highest BCUT2D eigenvalue weighted by Crippen LogP contribution is 2.64. The summed E-state index contributed by atoms with van der Waals surface area (Å²) in [6, 6.07) is 88.4. The lowest BCUT2D eigenvalue weighted by molar-refractivity contribution is 0.669. The van der Waals surface area contributed by atoms with E-state index in [2.05, 4.69) is 246 Å². The average molecular weight is 817 g/mol. The lowest BCUT2D eigenvalue weighted by Crippen LogP contribution is -2.26. The van der Waals surface area contributed by atoms with Crippen LogP contribution in [0, 0.1) is 0 Å². The molecule has 0 fully saturated rings. The molecule has 0 saturated heterocycles.